The molecule has 1 fully saturated rings. The maximum atomic E-state index is 8.80. The van der Waals surface area contributed by atoms with Gasteiger partial charge in [-0.3, -0.25) is 4.90 Å². The molecule has 1 aliphatic rings. The fraction of sp³-hybridized carbons (Fsp3) is 0.412. The van der Waals surface area contributed by atoms with Crippen LogP contribution in [0.5, 0.6) is 0 Å². The second-order valence-electron chi connectivity index (χ2n) is 5.22. The molecule has 1 aromatic rings. The van der Waals surface area contributed by atoms with Crippen LogP contribution >= 0.6 is 0 Å². The van der Waals surface area contributed by atoms with Crippen molar-refractivity contribution in [2.24, 2.45) is 0 Å². The first-order valence-corrected chi connectivity index (χ1v) is 7.15. The molecule has 0 amide bonds. The third kappa shape index (κ3) is 4.23. The molecule has 102 valence electrons. The summed E-state index contributed by atoms with van der Waals surface area (Å²) in [7, 11) is 0. The molecule has 0 aromatic heterocycles. The van der Waals surface area contributed by atoms with Crippen LogP contribution in [-0.4, -0.2) is 18.0 Å². The van der Waals surface area contributed by atoms with E-state index in [1.165, 1.54) is 44.3 Å². The van der Waals surface area contributed by atoms with Gasteiger partial charge in [-0.25, -0.2) is 0 Å². The Morgan fingerprint density at radius 3 is 2.45 bits per heavy atom. The Bertz CT molecular complexity index is 536. The van der Waals surface area contributed by atoms with Crippen LogP contribution in [-0.2, 0) is 6.54 Å². The van der Waals surface area contributed by atoms with Crippen molar-refractivity contribution in [3.8, 4) is 12.1 Å². The van der Waals surface area contributed by atoms with Gasteiger partial charge in [-0.1, -0.05) is 37.1 Å². The van der Waals surface area contributed by atoms with Crippen molar-refractivity contribution < 1.29 is 0 Å². The molecule has 1 aromatic carbocycles. The standard InChI is InChI=1S/C17H19N3/c18-12-17(13-19)11-15-6-5-7-16(10-15)14-20-8-3-1-2-4-9-20/h5-7,10-11H,1-4,8-9,14H2. The van der Waals surface area contributed by atoms with E-state index in [2.05, 4.69) is 17.0 Å². The highest BCUT2D eigenvalue weighted by molar-refractivity contribution is 5.62. The second-order valence-corrected chi connectivity index (χ2v) is 5.22. The summed E-state index contributed by atoms with van der Waals surface area (Å²) in [6.07, 6.45) is 6.89. The van der Waals surface area contributed by atoms with Crippen molar-refractivity contribution in [3.05, 3.63) is 41.0 Å². The zero-order valence-corrected chi connectivity index (χ0v) is 11.7. The molecule has 1 saturated heterocycles. The third-order valence-electron chi connectivity index (χ3n) is 3.61. The first kappa shape index (κ1) is 14.3. The van der Waals surface area contributed by atoms with Gasteiger partial charge in [0.1, 0.15) is 17.7 Å². The maximum absolute atomic E-state index is 8.80. The van der Waals surface area contributed by atoms with E-state index in [1.54, 1.807) is 6.08 Å². The molecule has 3 nitrogen and oxygen atoms in total. The van der Waals surface area contributed by atoms with Gasteiger partial charge >= 0.3 is 0 Å². The fourth-order valence-corrected chi connectivity index (χ4v) is 2.59. The molecule has 1 aliphatic heterocycles. The van der Waals surface area contributed by atoms with Crippen LogP contribution in [0.2, 0.25) is 0 Å². The average molecular weight is 265 g/mol. The summed E-state index contributed by atoms with van der Waals surface area (Å²) in [6.45, 7) is 3.29. The van der Waals surface area contributed by atoms with Gasteiger partial charge < -0.3 is 0 Å². The predicted molar refractivity (Wildman–Crippen MR) is 79.4 cm³/mol. The predicted octanol–water partition coefficient (Wildman–Crippen LogP) is 3.49. The van der Waals surface area contributed by atoms with Crippen LogP contribution in [0.1, 0.15) is 36.8 Å². The minimum Gasteiger partial charge on any atom is -0.299 e. The first-order chi connectivity index (χ1) is 9.81. The zero-order chi connectivity index (χ0) is 14.2. The minimum absolute atomic E-state index is 0.150. The molecular formula is C17H19N3. The molecule has 0 aliphatic carbocycles. The number of likely N-dealkylation sites (tertiary alicyclic amines) is 1. The molecule has 0 atom stereocenters. The highest BCUT2D eigenvalue weighted by Crippen LogP contribution is 2.15. The van der Waals surface area contributed by atoms with E-state index in [1.807, 2.05) is 24.3 Å². The summed E-state index contributed by atoms with van der Waals surface area (Å²) < 4.78 is 0. The Morgan fingerprint density at radius 2 is 1.80 bits per heavy atom. The summed E-state index contributed by atoms with van der Waals surface area (Å²) in [4.78, 5) is 2.49. The molecule has 0 radical (unpaired) electrons. The second kappa shape index (κ2) is 7.48. The van der Waals surface area contributed by atoms with Gasteiger partial charge in [0.2, 0.25) is 0 Å². The lowest BCUT2D eigenvalue weighted by molar-refractivity contribution is 0.277. The van der Waals surface area contributed by atoms with Crippen molar-refractivity contribution in [2.45, 2.75) is 32.2 Å². The van der Waals surface area contributed by atoms with Crippen LogP contribution < -0.4 is 0 Å². The SMILES string of the molecule is N#CC(C#N)=Cc1cccc(CN2CCCCCC2)c1. The van der Waals surface area contributed by atoms with E-state index in [-0.39, 0.29) is 5.57 Å². The number of hydrogen-bond acceptors (Lipinski definition) is 3. The van der Waals surface area contributed by atoms with Gasteiger partial charge in [0.25, 0.3) is 0 Å². The summed E-state index contributed by atoms with van der Waals surface area (Å²) in [5.41, 5.74) is 2.32. The Labute approximate surface area is 120 Å². The summed E-state index contributed by atoms with van der Waals surface area (Å²) in [5, 5.41) is 17.6. The van der Waals surface area contributed by atoms with Crippen LogP contribution in [0.3, 0.4) is 0 Å². The van der Waals surface area contributed by atoms with Gasteiger partial charge in [-0.15, -0.1) is 0 Å². The van der Waals surface area contributed by atoms with Gasteiger partial charge in [-0.2, -0.15) is 10.5 Å². The molecule has 3 heteroatoms. The number of allylic oxidation sites excluding steroid dienone is 1. The van der Waals surface area contributed by atoms with Gasteiger partial charge in [0.15, 0.2) is 0 Å². The average Bonchev–Trinajstić information content (AvgIpc) is 2.74. The smallest absolute Gasteiger partial charge is 0.130 e. The van der Waals surface area contributed by atoms with Crippen LogP contribution in [0.15, 0.2) is 29.8 Å². The number of nitrogens with zero attached hydrogens (tertiary/aromatic N) is 3. The Hall–Kier alpha value is -2.10. The normalized spacial score (nSPS) is 15.7. The first-order valence-electron chi connectivity index (χ1n) is 7.15. The van der Waals surface area contributed by atoms with Crippen LogP contribution in [0.4, 0.5) is 0 Å². The maximum Gasteiger partial charge on any atom is 0.130 e. The van der Waals surface area contributed by atoms with Crippen molar-refractivity contribution in [3.63, 3.8) is 0 Å². The lowest BCUT2D eigenvalue weighted by Crippen LogP contribution is -2.23. The highest BCUT2D eigenvalue weighted by Gasteiger charge is 2.09. The van der Waals surface area contributed by atoms with Crippen LogP contribution in [0, 0.1) is 22.7 Å². The van der Waals surface area contributed by atoms with Gasteiger partial charge in [0.05, 0.1) is 0 Å². The minimum atomic E-state index is 0.150. The summed E-state index contributed by atoms with van der Waals surface area (Å²) >= 11 is 0. The number of nitriles is 2. The van der Waals surface area contributed by atoms with E-state index in [4.69, 9.17) is 10.5 Å². The monoisotopic (exact) mass is 265 g/mol. The lowest BCUT2D eigenvalue weighted by Gasteiger charge is -2.19. The Kier molecular flexibility index (Phi) is 5.35. The molecule has 0 saturated carbocycles. The fourth-order valence-electron chi connectivity index (χ4n) is 2.59. The molecule has 20 heavy (non-hydrogen) atoms. The molecule has 0 N–H and O–H groups in total. The number of rotatable bonds is 3. The van der Waals surface area contributed by atoms with Gasteiger partial charge in [0, 0.05) is 6.54 Å². The number of hydrogen-bond donors (Lipinski definition) is 0. The van der Waals surface area contributed by atoms with Gasteiger partial charge in [-0.05, 0) is 43.1 Å². The third-order valence-corrected chi connectivity index (χ3v) is 3.61. The quantitative estimate of drug-likeness (QED) is 0.786. The molecule has 0 bridgehead atoms. The van der Waals surface area contributed by atoms with Crippen molar-refractivity contribution in [1.82, 2.24) is 4.90 Å². The Morgan fingerprint density at radius 1 is 1.10 bits per heavy atom. The molecule has 1 heterocycles. The van der Waals surface area contributed by atoms with Crippen molar-refractivity contribution in [2.75, 3.05) is 13.1 Å². The van der Waals surface area contributed by atoms with E-state index < -0.39 is 0 Å². The molecular weight excluding hydrogens is 246 g/mol. The summed E-state index contributed by atoms with van der Waals surface area (Å²) in [5.74, 6) is 0. The van der Waals surface area contributed by atoms with Crippen LogP contribution in [0.25, 0.3) is 6.08 Å². The van der Waals surface area contributed by atoms with Crippen molar-refractivity contribution >= 4 is 6.08 Å². The van der Waals surface area contributed by atoms with E-state index >= 15 is 0 Å². The Balaban J connectivity index is 2.08. The molecule has 0 unspecified atom stereocenters. The summed E-state index contributed by atoms with van der Waals surface area (Å²) in [6, 6.07) is 11.9. The van der Waals surface area contributed by atoms with Crippen molar-refractivity contribution in [1.29, 1.82) is 10.5 Å². The number of benzene rings is 1. The van der Waals surface area contributed by atoms with E-state index in [9.17, 15) is 0 Å². The van der Waals surface area contributed by atoms with E-state index in [0.29, 0.717) is 0 Å². The van der Waals surface area contributed by atoms with E-state index in [0.717, 1.165) is 12.1 Å². The highest BCUT2D eigenvalue weighted by atomic mass is 15.1. The molecule has 2 rings (SSSR count). The topological polar surface area (TPSA) is 50.8 Å². The zero-order valence-electron chi connectivity index (χ0n) is 11.7. The lowest BCUT2D eigenvalue weighted by atomic mass is 10.1. The largest absolute Gasteiger partial charge is 0.299 e. The molecule has 0 spiro atoms.